The first kappa shape index (κ1) is 15.3. The van der Waals surface area contributed by atoms with Crippen LogP contribution in [0.3, 0.4) is 0 Å². The molecule has 19 heavy (non-hydrogen) atoms. The normalized spacial score (nSPS) is 37.4. The summed E-state index contributed by atoms with van der Waals surface area (Å²) in [6.07, 6.45) is 7.98. The van der Waals surface area contributed by atoms with Crippen molar-refractivity contribution in [3.05, 3.63) is 0 Å². The molecule has 0 aromatic heterocycles. The van der Waals surface area contributed by atoms with Gasteiger partial charge in [-0.25, -0.2) is 0 Å². The Morgan fingerprint density at radius 3 is 2.47 bits per heavy atom. The van der Waals surface area contributed by atoms with Crippen LogP contribution in [0.5, 0.6) is 0 Å². The van der Waals surface area contributed by atoms with E-state index in [1.54, 1.807) is 0 Å². The second kappa shape index (κ2) is 5.73. The van der Waals surface area contributed by atoms with Gasteiger partial charge in [-0.2, -0.15) is 0 Å². The Hall–Kier alpha value is -0.0800. The van der Waals surface area contributed by atoms with Gasteiger partial charge >= 0.3 is 0 Å². The summed E-state index contributed by atoms with van der Waals surface area (Å²) < 4.78 is 6.30. The molecule has 1 N–H and O–H groups in total. The van der Waals surface area contributed by atoms with E-state index >= 15 is 0 Å². The molecule has 1 aliphatic carbocycles. The highest BCUT2D eigenvalue weighted by molar-refractivity contribution is 4.98. The summed E-state index contributed by atoms with van der Waals surface area (Å²) in [4.78, 5) is 0. The fourth-order valence-corrected chi connectivity index (χ4v) is 4.47. The van der Waals surface area contributed by atoms with E-state index in [0.717, 1.165) is 17.9 Å². The standard InChI is InChI=1S/C17H33NO/c1-6-10-18-14-9-7-8-13(11-14)15-12-16(2,3)19-17(15,4)5/h13-15,18H,6-12H2,1-5H3. The van der Waals surface area contributed by atoms with Crippen molar-refractivity contribution in [2.24, 2.45) is 11.8 Å². The van der Waals surface area contributed by atoms with E-state index in [0.29, 0.717) is 0 Å². The van der Waals surface area contributed by atoms with Crippen LogP contribution < -0.4 is 5.32 Å². The van der Waals surface area contributed by atoms with Crippen molar-refractivity contribution in [3.63, 3.8) is 0 Å². The van der Waals surface area contributed by atoms with Gasteiger partial charge in [-0.05, 0) is 78.2 Å². The number of nitrogens with one attached hydrogen (secondary N) is 1. The number of hydrogen-bond donors (Lipinski definition) is 1. The zero-order chi connectivity index (χ0) is 14.1. The topological polar surface area (TPSA) is 21.3 Å². The van der Waals surface area contributed by atoms with Gasteiger partial charge in [-0.1, -0.05) is 13.3 Å². The second-order valence-corrected chi connectivity index (χ2v) is 7.85. The molecule has 0 radical (unpaired) electrons. The Balaban J connectivity index is 1.97. The number of ether oxygens (including phenoxy) is 1. The van der Waals surface area contributed by atoms with E-state index in [1.165, 1.54) is 45.1 Å². The lowest BCUT2D eigenvalue weighted by Crippen LogP contribution is -2.40. The molecule has 0 amide bonds. The highest BCUT2D eigenvalue weighted by Gasteiger charge is 2.49. The van der Waals surface area contributed by atoms with Gasteiger partial charge in [-0.15, -0.1) is 0 Å². The molecule has 2 nitrogen and oxygen atoms in total. The number of hydrogen-bond acceptors (Lipinski definition) is 2. The molecule has 3 atom stereocenters. The molecular weight excluding hydrogens is 234 g/mol. The molecule has 0 bridgehead atoms. The van der Waals surface area contributed by atoms with E-state index in [1.807, 2.05) is 0 Å². The summed E-state index contributed by atoms with van der Waals surface area (Å²) in [7, 11) is 0. The predicted octanol–water partition coefficient (Wildman–Crippen LogP) is 4.14. The van der Waals surface area contributed by atoms with Crippen LogP contribution in [0.1, 0.15) is 73.1 Å². The molecule has 1 aliphatic heterocycles. The summed E-state index contributed by atoms with van der Waals surface area (Å²) in [5.74, 6) is 1.58. The highest BCUT2D eigenvalue weighted by Crippen LogP contribution is 2.49. The first-order valence-corrected chi connectivity index (χ1v) is 8.27. The molecule has 2 rings (SSSR count). The Labute approximate surface area is 119 Å². The first-order chi connectivity index (χ1) is 8.84. The Kier molecular flexibility index (Phi) is 4.62. The molecule has 3 unspecified atom stereocenters. The van der Waals surface area contributed by atoms with Gasteiger partial charge in [0.05, 0.1) is 11.2 Å². The average Bonchev–Trinajstić information content (AvgIpc) is 2.55. The van der Waals surface area contributed by atoms with Gasteiger partial charge in [0, 0.05) is 6.04 Å². The summed E-state index contributed by atoms with van der Waals surface area (Å²) in [5.41, 5.74) is 0.124. The molecule has 2 fully saturated rings. The second-order valence-electron chi connectivity index (χ2n) is 7.85. The van der Waals surface area contributed by atoms with Crippen molar-refractivity contribution in [2.75, 3.05) is 6.54 Å². The van der Waals surface area contributed by atoms with Gasteiger partial charge < -0.3 is 10.1 Å². The van der Waals surface area contributed by atoms with Crippen LogP contribution in [0, 0.1) is 11.8 Å². The summed E-state index contributed by atoms with van der Waals surface area (Å²) in [6.45, 7) is 12.5. The van der Waals surface area contributed by atoms with Gasteiger partial charge in [-0.3, -0.25) is 0 Å². The maximum Gasteiger partial charge on any atom is 0.0665 e. The van der Waals surface area contributed by atoms with Gasteiger partial charge in [0.1, 0.15) is 0 Å². The predicted molar refractivity (Wildman–Crippen MR) is 81.4 cm³/mol. The molecule has 2 heteroatoms. The largest absolute Gasteiger partial charge is 0.369 e. The zero-order valence-corrected chi connectivity index (χ0v) is 13.6. The van der Waals surface area contributed by atoms with Crippen LogP contribution in [0.15, 0.2) is 0 Å². The molecule has 112 valence electrons. The Morgan fingerprint density at radius 1 is 1.16 bits per heavy atom. The minimum atomic E-state index is 0.0564. The lowest BCUT2D eigenvalue weighted by molar-refractivity contribution is -0.0819. The summed E-state index contributed by atoms with van der Waals surface area (Å²) in [6, 6.07) is 0.748. The fraction of sp³-hybridized carbons (Fsp3) is 1.00. The Bertz CT molecular complexity index is 298. The molecule has 0 aromatic rings. The van der Waals surface area contributed by atoms with Crippen molar-refractivity contribution < 1.29 is 4.74 Å². The maximum atomic E-state index is 6.30. The van der Waals surface area contributed by atoms with Crippen molar-refractivity contribution in [2.45, 2.75) is 90.4 Å². The van der Waals surface area contributed by atoms with Gasteiger partial charge in [0.2, 0.25) is 0 Å². The smallest absolute Gasteiger partial charge is 0.0665 e. The fourth-order valence-electron chi connectivity index (χ4n) is 4.47. The Morgan fingerprint density at radius 2 is 1.89 bits per heavy atom. The zero-order valence-electron chi connectivity index (χ0n) is 13.6. The van der Waals surface area contributed by atoms with E-state index < -0.39 is 0 Å². The lowest BCUT2D eigenvalue weighted by Gasteiger charge is -2.38. The molecule has 0 spiro atoms. The van der Waals surface area contributed by atoms with E-state index in [2.05, 4.69) is 39.9 Å². The molecule has 1 saturated carbocycles. The maximum absolute atomic E-state index is 6.30. The van der Waals surface area contributed by atoms with Crippen LogP contribution in [0.25, 0.3) is 0 Å². The minimum absolute atomic E-state index is 0.0564. The van der Waals surface area contributed by atoms with Gasteiger partial charge in [0.25, 0.3) is 0 Å². The molecule has 1 heterocycles. The quantitative estimate of drug-likeness (QED) is 0.826. The van der Waals surface area contributed by atoms with E-state index in [4.69, 9.17) is 4.74 Å². The van der Waals surface area contributed by atoms with E-state index in [-0.39, 0.29) is 11.2 Å². The monoisotopic (exact) mass is 267 g/mol. The SMILES string of the molecule is CCCNC1CCCC(C2CC(C)(C)OC2(C)C)C1. The molecule has 0 aromatic carbocycles. The minimum Gasteiger partial charge on any atom is -0.369 e. The summed E-state index contributed by atoms with van der Waals surface area (Å²) >= 11 is 0. The van der Waals surface area contributed by atoms with Crippen LogP contribution in [0.4, 0.5) is 0 Å². The average molecular weight is 267 g/mol. The van der Waals surface area contributed by atoms with Crippen LogP contribution in [-0.4, -0.2) is 23.8 Å². The third-order valence-electron chi connectivity index (χ3n) is 5.11. The molecule has 2 aliphatic rings. The third-order valence-corrected chi connectivity index (χ3v) is 5.11. The number of rotatable bonds is 4. The third kappa shape index (κ3) is 3.72. The van der Waals surface area contributed by atoms with Crippen molar-refractivity contribution >= 4 is 0 Å². The summed E-state index contributed by atoms with van der Waals surface area (Å²) in [5, 5.41) is 3.73. The molecule has 1 saturated heterocycles. The highest BCUT2D eigenvalue weighted by atomic mass is 16.5. The van der Waals surface area contributed by atoms with Crippen LogP contribution in [-0.2, 0) is 4.74 Å². The van der Waals surface area contributed by atoms with Crippen molar-refractivity contribution in [3.8, 4) is 0 Å². The molecular formula is C17H33NO. The lowest BCUT2D eigenvalue weighted by atomic mass is 9.70. The van der Waals surface area contributed by atoms with Crippen molar-refractivity contribution in [1.82, 2.24) is 5.32 Å². The van der Waals surface area contributed by atoms with Crippen LogP contribution in [0.2, 0.25) is 0 Å². The van der Waals surface area contributed by atoms with Crippen LogP contribution >= 0.6 is 0 Å². The van der Waals surface area contributed by atoms with Crippen molar-refractivity contribution in [1.29, 1.82) is 0 Å². The van der Waals surface area contributed by atoms with E-state index in [9.17, 15) is 0 Å². The van der Waals surface area contributed by atoms with Gasteiger partial charge in [0.15, 0.2) is 0 Å². The first-order valence-electron chi connectivity index (χ1n) is 8.27.